The van der Waals surface area contributed by atoms with Crippen LogP contribution in [-0.2, 0) is 4.74 Å². The van der Waals surface area contributed by atoms with Crippen molar-refractivity contribution in [2.24, 2.45) is 0 Å². The molecule has 9 nitrogen and oxygen atoms in total. The van der Waals surface area contributed by atoms with E-state index in [2.05, 4.69) is 25.1 Å². The molecule has 1 fully saturated rings. The monoisotopic (exact) mass is 396 g/mol. The minimum Gasteiger partial charge on any atom is -0.491 e. The molecule has 9 heteroatoms. The Morgan fingerprint density at radius 2 is 1.93 bits per heavy atom. The van der Waals surface area contributed by atoms with Crippen molar-refractivity contribution in [3.63, 3.8) is 0 Å². The summed E-state index contributed by atoms with van der Waals surface area (Å²) in [6.45, 7) is 6.53. The van der Waals surface area contributed by atoms with Gasteiger partial charge in [-0.3, -0.25) is 5.10 Å². The van der Waals surface area contributed by atoms with Gasteiger partial charge >= 0.3 is 6.09 Å². The Morgan fingerprint density at radius 3 is 2.66 bits per heavy atom. The summed E-state index contributed by atoms with van der Waals surface area (Å²) >= 11 is 0. The van der Waals surface area contributed by atoms with Crippen LogP contribution in [0.15, 0.2) is 30.6 Å². The number of fused-ring (bicyclic) bond motifs is 1. The molecule has 0 saturated carbocycles. The number of benzene rings is 1. The Labute approximate surface area is 168 Å². The summed E-state index contributed by atoms with van der Waals surface area (Å²) in [5.41, 5.74) is 2.41. The van der Waals surface area contributed by atoms with Crippen molar-refractivity contribution in [2.75, 3.05) is 38.2 Å². The summed E-state index contributed by atoms with van der Waals surface area (Å²) in [7, 11) is 1.40. The van der Waals surface area contributed by atoms with Crippen molar-refractivity contribution in [1.29, 1.82) is 0 Å². The molecule has 1 aliphatic rings. The number of H-pyrrole nitrogens is 1. The van der Waals surface area contributed by atoms with Crippen LogP contribution in [0.5, 0.6) is 5.75 Å². The lowest BCUT2D eigenvalue weighted by Crippen LogP contribution is -2.49. The first-order chi connectivity index (χ1) is 14.0. The van der Waals surface area contributed by atoms with Crippen molar-refractivity contribution in [2.45, 2.75) is 20.0 Å². The average molecular weight is 396 g/mol. The Balaban J connectivity index is 1.58. The molecule has 0 atom stereocenters. The molecular formula is C20H24N6O3. The van der Waals surface area contributed by atoms with E-state index in [1.807, 2.05) is 38.1 Å². The van der Waals surface area contributed by atoms with Crippen LogP contribution in [0.2, 0.25) is 0 Å². The molecule has 4 rings (SSSR count). The quantitative estimate of drug-likeness (QED) is 0.724. The standard InChI is InChI=1S/C20H24N6O3/c1-13(2)29-14-4-5-16-15(10-14)19(24-23-16)17-11-18(22-12-21-17)25-6-8-26(9-7-25)20(27)28-3/h4-5,10-13H,6-9H2,1-3H3,(H,23,24). The van der Waals surface area contributed by atoms with E-state index >= 15 is 0 Å². The molecule has 0 bridgehead atoms. The van der Waals surface area contributed by atoms with E-state index in [0.717, 1.165) is 33.9 Å². The fourth-order valence-electron chi connectivity index (χ4n) is 3.43. The number of piperazine rings is 1. The van der Waals surface area contributed by atoms with Gasteiger partial charge in [0.15, 0.2) is 0 Å². The van der Waals surface area contributed by atoms with Crippen LogP contribution < -0.4 is 9.64 Å². The predicted molar refractivity (Wildman–Crippen MR) is 109 cm³/mol. The van der Waals surface area contributed by atoms with Crippen molar-refractivity contribution in [3.05, 3.63) is 30.6 Å². The van der Waals surface area contributed by atoms with Crippen molar-refractivity contribution in [1.82, 2.24) is 25.1 Å². The van der Waals surface area contributed by atoms with Gasteiger partial charge in [0.1, 0.15) is 23.6 Å². The van der Waals surface area contributed by atoms with Gasteiger partial charge in [-0.05, 0) is 32.0 Å². The van der Waals surface area contributed by atoms with Gasteiger partial charge in [0.25, 0.3) is 0 Å². The molecular weight excluding hydrogens is 372 g/mol. The van der Waals surface area contributed by atoms with Gasteiger partial charge in [-0.2, -0.15) is 5.10 Å². The maximum atomic E-state index is 11.7. The van der Waals surface area contributed by atoms with Gasteiger partial charge in [0, 0.05) is 37.6 Å². The number of hydrogen-bond donors (Lipinski definition) is 1. The largest absolute Gasteiger partial charge is 0.491 e. The number of nitrogens with zero attached hydrogens (tertiary/aromatic N) is 5. The van der Waals surface area contributed by atoms with Crippen LogP contribution >= 0.6 is 0 Å². The molecule has 0 aliphatic carbocycles. The first-order valence-electron chi connectivity index (χ1n) is 9.60. The number of anilines is 1. The Kier molecular flexibility index (Phi) is 5.20. The highest BCUT2D eigenvalue weighted by Crippen LogP contribution is 2.30. The first-order valence-corrected chi connectivity index (χ1v) is 9.60. The number of amides is 1. The number of nitrogens with one attached hydrogen (secondary N) is 1. The Bertz CT molecular complexity index is 1010. The molecule has 1 saturated heterocycles. The van der Waals surface area contributed by atoms with E-state index < -0.39 is 0 Å². The maximum Gasteiger partial charge on any atom is 0.409 e. The highest BCUT2D eigenvalue weighted by Gasteiger charge is 2.23. The zero-order chi connectivity index (χ0) is 20.4. The minimum absolute atomic E-state index is 0.0945. The molecule has 1 aliphatic heterocycles. The summed E-state index contributed by atoms with van der Waals surface area (Å²) in [4.78, 5) is 24.3. The van der Waals surface area contributed by atoms with Crippen molar-refractivity contribution >= 4 is 22.8 Å². The third kappa shape index (κ3) is 3.94. The Morgan fingerprint density at radius 1 is 1.14 bits per heavy atom. The molecule has 0 unspecified atom stereocenters. The van der Waals surface area contributed by atoms with Gasteiger partial charge in [0.05, 0.1) is 24.4 Å². The smallest absolute Gasteiger partial charge is 0.409 e. The first kappa shape index (κ1) is 19.0. The second-order valence-corrected chi connectivity index (χ2v) is 7.15. The summed E-state index contributed by atoms with van der Waals surface area (Å²) in [5.74, 6) is 1.61. The van der Waals surface area contributed by atoms with Crippen LogP contribution in [0.1, 0.15) is 13.8 Å². The van der Waals surface area contributed by atoms with Gasteiger partial charge in [0.2, 0.25) is 0 Å². The lowest BCUT2D eigenvalue weighted by molar-refractivity contribution is 0.121. The second kappa shape index (κ2) is 7.94. The van der Waals surface area contributed by atoms with E-state index in [1.165, 1.54) is 7.11 Å². The van der Waals surface area contributed by atoms with Gasteiger partial charge in [-0.1, -0.05) is 0 Å². The molecule has 3 heterocycles. The van der Waals surface area contributed by atoms with Crippen LogP contribution in [0, 0.1) is 0 Å². The number of aromatic amines is 1. The van der Waals surface area contributed by atoms with E-state index in [1.54, 1.807) is 11.2 Å². The number of methoxy groups -OCH3 is 1. The molecule has 2 aromatic heterocycles. The summed E-state index contributed by atoms with van der Waals surface area (Å²) in [5, 5.41) is 8.46. The van der Waals surface area contributed by atoms with E-state index in [4.69, 9.17) is 9.47 Å². The minimum atomic E-state index is -0.296. The molecule has 0 radical (unpaired) electrons. The van der Waals surface area contributed by atoms with Crippen molar-refractivity contribution in [3.8, 4) is 17.1 Å². The van der Waals surface area contributed by atoms with E-state index in [0.29, 0.717) is 26.2 Å². The lowest BCUT2D eigenvalue weighted by Gasteiger charge is -2.34. The van der Waals surface area contributed by atoms with Gasteiger partial charge < -0.3 is 19.3 Å². The SMILES string of the molecule is COC(=O)N1CCN(c2cc(-c3n[nH]c4ccc(OC(C)C)cc34)ncn2)CC1. The summed E-state index contributed by atoms with van der Waals surface area (Å²) in [6.07, 6.45) is 1.35. The number of aromatic nitrogens is 4. The fourth-order valence-corrected chi connectivity index (χ4v) is 3.43. The van der Waals surface area contributed by atoms with Crippen LogP contribution in [0.25, 0.3) is 22.3 Å². The molecule has 152 valence electrons. The summed E-state index contributed by atoms with van der Waals surface area (Å²) < 4.78 is 10.6. The zero-order valence-corrected chi connectivity index (χ0v) is 16.8. The molecule has 3 aromatic rings. The zero-order valence-electron chi connectivity index (χ0n) is 16.8. The fraction of sp³-hybridized carbons (Fsp3) is 0.400. The predicted octanol–water partition coefficient (Wildman–Crippen LogP) is 2.70. The van der Waals surface area contributed by atoms with E-state index in [9.17, 15) is 4.79 Å². The second-order valence-electron chi connectivity index (χ2n) is 7.15. The number of ether oxygens (including phenoxy) is 2. The van der Waals surface area contributed by atoms with E-state index in [-0.39, 0.29) is 12.2 Å². The van der Waals surface area contributed by atoms with Crippen LogP contribution in [-0.4, -0.2) is 70.6 Å². The van der Waals surface area contributed by atoms with Gasteiger partial charge in [-0.15, -0.1) is 0 Å². The van der Waals surface area contributed by atoms with Crippen LogP contribution in [0.4, 0.5) is 10.6 Å². The third-order valence-electron chi connectivity index (χ3n) is 4.84. The number of carbonyl (C=O) groups excluding carboxylic acids is 1. The highest BCUT2D eigenvalue weighted by molar-refractivity contribution is 5.93. The van der Waals surface area contributed by atoms with Crippen molar-refractivity contribution < 1.29 is 14.3 Å². The van der Waals surface area contributed by atoms with Crippen LogP contribution in [0.3, 0.4) is 0 Å². The lowest BCUT2D eigenvalue weighted by atomic mass is 10.1. The number of hydrogen-bond acceptors (Lipinski definition) is 7. The maximum absolute atomic E-state index is 11.7. The normalized spacial score (nSPS) is 14.5. The average Bonchev–Trinajstić information content (AvgIpc) is 3.16. The Hall–Kier alpha value is -3.36. The highest BCUT2D eigenvalue weighted by atomic mass is 16.5. The molecule has 29 heavy (non-hydrogen) atoms. The molecule has 1 amide bonds. The number of carbonyl (C=O) groups is 1. The molecule has 1 aromatic carbocycles. The summed E-state index contributed by atoms with van der Waals surface area (Å²) in [6, 6.07) is 7.79. The van der Waals surface area contributed by atoms with Gasteiger partial charge in [-0.25, -0.2) is 14.8 Å². The molecule has 0 spiro atoms. The number of rotatable bonds is 4. The molecule has 1 N–H and O–H groups in total. The third-order valence-corrected chi connectivity index (χ3v) is 4.84. The topological polar surface area (TPSA) is 96.5 Å².